The summed E-state index contributed by atoms with van der Waals surface area (Å²) in [7, 11) is -3.35. The van der Waals surface area contributed by atoms with E-state index < -0.39 is 28.3 Å². The van der Waals surface area contributed by atoms with Gasteiger partial charge in [-0.3, -0.25) is 4.79 Å². The van der Waals surface area contributed by atoms with Crippen molar-refractivity contribution in [3.05, 3.63) is 12.7 Å². The van der Waals surface area contributed by atoms with Gasteiger partial charge in [0.2, 0.25) is 0 Å². The van der Waals surface area contributed by atoms with Crippen molar-refractivity contribution in [1.29, 1.82) is 0 Å². The Balaban J connectivity index is 2.40. The van der Waals surface area contributed by atoms with Crippen LogP contribution in [-0.4, -0.2) is 53.6 Å². The second kappa shape index (κ2) is 6.28. The largest absolute Gasteiger partial charge is 0.375 e. The number of sulfone groups is 1. The van der Waals surface area contributed by atoms with Gasteiger partial charge in [-0.1, -0.05) is 11.1 Å². The Morgan fingerprint density at radius 3 is 2.44 bits per heavy atom. The molecule has 2 unspecified atom stereocenters. The average Bonchev–Trinajstić information content (AvgIpc) is 2.58. The third kappa shape index (κ3) is 4.37. The molecule has 7 nitrogen and oxygen atoms in total. The average molecular weight is 279 g/mol. The van der Waals surface area contributed by atoms with Crippen LogP contribution in [0.25, 0.3) is 0 Å². The van der Waals surface area contributed by atoms with Gasteiger partial charge < -0.3 is 15.1 Å². The van der Waals surface area contributed by atoms with Crippen LogP contribution in [0, 0.1) is 0 Å². The zero-order valence-corrected chi connectivity index (χ0v) is 10.7. The fourth-order valence-corrected chi connectivity index (χ4v) is 2.54. The number of hydrogen-bond acceptors (Lipinski definition) is 7. The molecule has 0 aromatic carbocycles. The number of aliphatic hydroxyl groups is 2. The number of aliphatic hydroxyl groups excluding tert-OH is 2. The molecule has 18 heavy (non-hydrogen) atoms. The lowest BCUT2D eigenvalue weighted by Crippen LogP contribution is -2.38. The first-order valence-electron chi connectivity index (χ1n) is 5.52. The summed E-state index contributed by atoms with van der Waals surface area (Å²) < 4.78 is 22.6. The number of carbonyl (C=O) groups is 1. The van der Waals surface area contributed by atoms with Crippen LogP contribution in [0.5, 0.6) is 0 Å². The summed E-state index contributed by atoms with van der Waals surface area (Å²) in [5.41, 5.74) is 0. The first kappa shape index (κ1) is 15.1. The predicted octanol–water partition coefficient (Wildman–Crippen LogP) is -0.832. The molecule has 0 radical (unpaired) electrons. The Hall–Kier alpha value is -0.960. The van der Waals surface area contributed by atoms with Crippen molar-refractivity contribution in [2.75, 3.05) is 11.5 Å². The third-order valence-corrected chi connectivity index (χ3v) is 4.04. The predicted molar refractivity (Wildman–Crippen MR) is 62.6 cm³/mol. The molecule has 1 aliphatic heterocycles. The maximum absolute atomic E-state index is 11.4. The van der Waals surface area contributed by atoms with Crippen LogP contribution in [0.3, 0.4) is 0 Å². The summed E-state index contributed by atoms with van der Waals surface area (Å²) >= 11 is 0. The van der Waals surface area contributed by atoms with Gasteiger partial charge in [-0.05, 0) is 12.8 Å². The molecule has 0 spiro atoms. The van der Waals surface area contributed by atoms with Gasteiger partial charge in [0.15, 0.2) is 9.84 Å². The van der Waals surface area contributed by atoms with Crippen molar-refractivity contribution in [2.45, 2.75) is 31.7 Å². The number of nitrogens with zero attached hydrogens (tertiary/aromatic N) is 1. The number of hydroxylamine groups is 2. The molecule has 8 heteroatoms. The summed E-state index contributed by atoms with van der Waals surface area (Å²) in [6.07, 6.45) is -0.588. The summed E-state index contributed by atoms with van der Waals surface area (Å²) in [5.74, 6) is -1.35. The maximum atomic E-state index is 11.4. The van der Waals surface area contributed by atoms with Crippen molar-refractivity contribution >= 4 is 15.8 Å². The Morgan fingerprint density at radius 2 is 1.94 bits per heavy atom. The molecule has 0 aliphatic carbocycles. The molecule has 104 valence electrons. The maximum Gasteiger partial charge on any atom is 0.326 e. The zero-order chi connectivity index (χ0) is 13.8. The number of rotatable bonds is 6. The van der Waals surface area contributed by atoms with Gasteiger partial charge in [0.25, 0.3) is 0 Å². The first-order chi connectivity index (χ1) is 8.35. The highest BCUT2D eigenvalue weighted by Gasteiger charge is 2.34. The smallest absolute Gasteiger partial charge is 0.326 e. The fraction of sp³-hybridized carbons (Fsp3) is 0.700. The van der Waals surface area contributed by atoms with Gasteiger partial charge in [-0.2, -0.15) is 0 Å². The van der Waals surface area contributed by atoms with Gasteiger partial charge >= 0.3 is 5.97 Å². The lowest BCUT2D eigenvalue weighted by Gasteiger charge is -2.21. The van der Waals surface area contributed by atoms with Crippen LogP contribution in [0.15, 0.2) is 12.7 Å². The molecule has 2 N–H and O–H groups in total. The van der Waals surface area contributed by atoms with Crippen molar-refractivity contribution in [3.63, 3.8) is 0 Å². The van der Waals surface area contributed by atoms with Crippen LogP contribution in [0.2, 0.25) is 0 Å². The lowest BCUT2D eigenvalue weighted by atomic mass is 10.3. The highest BCUT2D eigenvalue weighted by molar-refractivity contribution is 7.91. The van der Waals surface area contributed by atoms with E-state index in [1.807, 2.05) is 0 Å². The minimum absolute atomic E-state index is 0.199. The van der Waals surface area contributed by atoms with Crippen molar-refractivity contribution in [3.8, 4) is 0 Å². The van der Waals surface area contributed by atoms with Crippen LogP contribution >= 0.6 is 0 Å². The van der Waals surface area contributed by atoms with Crippen molar-refractivity contribution < 1.29 is 28.3 Å². The van der Waals surface area contributed by atoms with Gasteiger partial charge in [0.05, 0.1) is 17.9 Å². The molecular weight excluding hydrogens is 262 g/mol. The van der Waals surface area contributed by atoms with Crippen LogP contribution in [0.4, 0.5) is 0 Å². The SMILES string of the molecule is C=CCS(=O)(=O)CCC(=O)ON1C(O)CCC1O. The Bertz CT molecular complexity index is 397. The highest BCUT2D eigenvalue weighted by Crippen LogP contribution is 2.20. The molecule has 1 saturated heterocycles. The highest BCUT2D eigenvalue weighted by atomic mass is 32.2. The summed E-state index contributed by atoms with van der Waals surface area (Å²) in [4.78, 5) is 16.1. The summed E-state index contributed by atoms with van der Waals surface area (Å²) in [5, 5.41) is 19.5. The molecule has 1 rings (SSSR count). The molecule has 1 fully saturated rings. The van der Waals surface area contributed by atoms with E-state index in [1.54, 1.807) is 0 Å². The van der Waals surface area contributed by atoms with E-state index >= 15 is 0 Å². The molecule has 0 amide bonds. The van der Waals surface area contributed by atoms with E-state index in [2.05, 4.69) is 6.58 Å². The quantitative estimate of drug-likeness (QED) is 0.611. The van der Waals surface area contributed by atoms with E-state index in [1.165, 1.54) is 6.08 Å². The minimum atomic E-state index is -3.35. The van der Waals surface area contributed by atoms with E-state index in [0.717, 1.165) is 5.06 Å². The van der Waals surface area contributed by atoms with E-state index in [-0.39, 0.29) is 17.9 Å². The topological polar surface area (TPSA) is 104 Å². The molecule has 0 bridgehead atoms. The van der Waals surface area contributed by atoms with Crippen LogP contribution < -0.4 is 0 Å². The van der Waals surface area contributed by atoms with Crippen molar-refractivity contribution in [1.82, 2.24) is 5.06 Å². The molecule has 0 aromatic rings. The number of hydrogen-bond donors (Lipinski definition) is 2. The molecule has 0 aromatic heterocycles. The first-order valence-corrected chi connectivity index (χ1v) is 7.34. The second-order valence-electron chi connectivity index (χ2n) is 4.01. The van der Waals surface area contributed by atoms with Gasteiger partial charge in [-0.25, -0.2) is 8.42 Å². The Morgan fingerprint density at radius 1 is 1.39 bits per heavy atom. The van der Waals surface area contributed by atoms with E-state index in [4.69, 9.17) is 4.84 Å². The third-order valence-electron chi connectivity index (χ3n) is 2.47. The van der Waals surface area contributed by atoms with Gasteiger partial charge in [0, 0.05) is 0 Å². The van der Waals surface area contributed by atoms with Crippen molar-refractivity contribution in [2.24, 2.45) is 0 Å². The Kier molecular flexibility index (Phi) is 5.27. The normalized spacial score (nSPS) is 25.0. The second-order valence-corrected chi connectivity index (χ2v) is 6.24. The number of carbonyl (C=O) groups excluding carboxylic acids is 1. The molecular formula is C10H17NO6S. The summed E-state index contributed by atoms with van der Waals surface area (Å²) in [6.45, 7) is 3.31. The fourth-order valence-electron chi connectivity index (χ4n) is 1.54. The lowest BCUT2D eigenvalue weighted by molar-refractivity contribution is -0.261. The molecule has 1 aliphatic rings. The monoisotopic (exact) mass is 279 g/mol. The zero-order valence-electron chi connectivity index (χ0n) is 9.86. The molecule has 2 atom stereocenters. The van der Waals surface area contributed by atoms with Gasteiger partial charge in [0.1, 0.15) is 12.5 Å². The van der Waals surface area contributed by atoms with E-state index in [0.29, 0.717) is 12.8 Å². The molecule has 1 heterocycles. The van der Waals surface area contributed by atoms with Crippen LogP contribution in [0.1, 0.15) is 19.3 Å². The molecule has 0 saturated carbocycles. The Labute approximate surface area is 106 Å². The summed E-state index contributed by atoms with van der Waals surface area (Å²) in [6, 6.07) is 0. The standard InChI is InChI=1S/C10H17NO6S/c1-2-6-18(15,16)7-5-10(14)17-11-8(12)3-4-9(11)13/h2,8-9,12-13H,1,3-7H2. The van der Waals surface area contributed by atoms with Gasteiger partial charge in [-0.15, -0.1) is 6.58 Å². The minimum Gasteiger partial charge on any atom is -0.375 e. The van der Waals surface area contributed by atoms with E-state index in [9.17, 15) is 23.4 Å². The van der Waals surface area contributed by atoms with Crippen LogP contribution in [-0.2, 0) is 19.5 Å².